The molecule has 5 nitrogen and oxygen atoms in total. The topological polar surface area (TPSA) is 53.5 Å². The van der Waals surface area contributed by atoms with Gasteiger partial charge in [-0.1, -0.05) is 6.92 Å². The number of rotatable bonds is 4. The van der Waals surface area contributed by atoms with Crippen LogP contribution in [-0.2, 0) is 23.0 Å². The summed E-state index contributed by atoms with van der Waals surface area (Å²) < 4.78 is 24.3. The molecule has 1 aromatic rings. The van der Waals surface area contributed by atoms with Gasteiger partial charge >= 0.3 is 0 Å². The Morgan fingerprint density at radius 2 is 2.00 bits per heavy atom. The standard InChI is InChI=1S/C11H19N3O2S2/c1-3-11-12-10(9-17-11)8-13-4-6-14(7-5-13)18(2,15)16/h9H,3-8H2,1-2H3. The van der Waals surface area contributed by atoms with Gasteiger partial charge in [-0.15, -0.1) is 11.3 Å². The van der Waals surface area contributed by atoms with E-state index in [9.17, 15) is 8.42 Å². The van der Waals surface area contributed by atoms with E-state index in [4.69, 9.17) is 0 Å². The molecule has 2 heterocycles. The van der Waals surface area contributed by atoms with E-state index in [1.165, 1.54) is 11.3 Å². The van der Waals surface area contributed by atoms with E-state index in [0.717, 1.165) is 31.7 Å². The first-order valence-corrected chi connectivity index (χ1v) is 8.82. The van der Waals surface area contributed by atoms with E-state index in [0.29, 0.717) is 13.1 Å². The minimum atomic E-state index is -3.03. The highest BCUT2D eigenvalue weighted by atomic mass is 32.2. The Labute approximate surface area is 112 Å². The van der Waals surface area contributed by atoms with Crippen molar-refractivity contribution in [1.82, 2.24) is 14.2 Å². The summed E-state index contributed by atoms with van der Waals surface area (Å²) in [6, 6.07) is 0. The first-order chi connectivity index (χ1) is 8.49. The van der Waals surface area contributed by atoms with E-state index in [2.05, 4.69) is 22.2 Å². The third-order valence-electron chi connectivity index (χ3n) is 3.09. The zero-order chi connectivity index (χ0) is 13.2. The molecule has 0 spiro atoms. The van der Waals surface area contributed by atoms with E-state index in [1.807, 2.05) is 0 Å². The van der Waals surface area contributed by atoms with Gasteiger partial charge in [0.2, 0.25) is 10.0 Å². The highest BCUT2D eigenvalue weighted by molar-refractivity contribution is 7.88. The Morgan fingerprint density at radius 1 is 1.33 bits per heavy atom. The molecule has 0 N–H and O–H groups in total. The number of thiazole rings is 1. The number of aryl methyl sites for hydroxylation is 1. The largest absolute Gasteiger partial charge is 0.295 e. The molecule has 1 aliphatic heterocycles. The molecule has 0 atom stereocenters. The van der Waals surface area contributed by atoms with Crippen LogP contribution in [-0.4, -0.2) is 55.0 Å². The molecule has 0 bridgehead atoms. The molecule has 0 aromatic carbocycles. The van der Waals surface area contributed by atoms with Crippen LogP contribution >= 0.6 is 11.3 Å². The number of hydrogen-bond acceptors (Lipinski definition) is 5. The number of sulfonamides is 1. The van der Waals surface area contributed by atoms with Crippen molar-refractivity contribution in [3.63, 3.8) is 0 Å². The van der Waals surface area contributed by atoms with Crippen LogP contribution < -0.4 is 0 Å². The van der Waals surface area contributed by atoms with E-state index < -0.39 is 10.0 Å². The first-order valence-electron chi connectivity index (χ1n) is 6.10. The van der Waals surface area contributed by atoms with Gasteiger partial charge in [0.05, 0.1) is 17.0 Å². The van der Waals surface area contributed by atoms with Crippen molar-refractivity contribution in [1.29, 1.82) is 0 Å². The van der Waals surface area contributed by atoms with Crippen LogP contribution in [0.15, 0.2) is 5.38 Å². The number of nitrogens with zero attached hydrogens (tertiary/aromatic N) is 3. The van der Waals surface area contributed by atoms with Gasteiger partial charge in [0.1, 0.15) is 0 Å². The van der Waals surface area contributed by atoms with E-state index in [-0.39, 0.29) is 0 Å². The van der Waals surface area contributed by atoms with Crippen LogP contribution in [0.4, 0.5) is 0 Å². The summed E-state index contributed by atoms with van der Waals surface area (Å²) >= 11 is 1.70. The molecule has 2 rings (SSSR count). The highest BCUT2D eigenvalue weighted by Gasteiger charge is 2.23. The van der Waals surface area contributed by atoms with Gasteiger partial charge in [-0.25, -0.2) is 13.4 Å². The smallest absolute Gasteiger partial charge is 0.211 e. The van der Waals surface area contributed by atoms with Crippen LogP contribution in [0.1, 0.15) is 17.6 Å². The molecule has 102 valence electrons. The quantitative estimate of drug-likeness (QED) is 0.822. The average molecular weight is 289 g/mol. The van der Waals surface area contributed by atoms with Crippen molar-refractivity contribution in [3.8, 4) is 0 Å². The fourth-order valence-electron chi connectivity index (χ4n) is 2.03. The minimum Gasteiger partial charge on any atom is -0.295 e. The minimum absolute atomic E-state index is 0.587. The third-order valence-corrected chi connectivity index (χ3v) is 5.43. The highest BCUT2D eigenvalue weighted by Crippen LogP contribution is 2.14. The molecule has 1 saturated heterocycles. The van der Waals surface area contributed by atoms with Gasteiger partial charge in [0.15, 0.2) is 0 Å². The maximum absolute atomic E-state index is 11.4. The van der Waals surface area contributed by atoms with Crippen LogP contribution in [0.5, 0.6) is 0 Å². The summed E-state index contributed by atoms with van der Waals surface area (Å²) in [5, 5.41) is 3.27. The fourth-order valence-corrected chi connectivity index (χ4v) is 3.59. The van der Waals surface area contributed by atoms with Crippen molar-refractivity contribution >= 4 is 21.4 Å². The Hall–Kier alpha value is -0.500. The van der Waals surface area contributed by atoms with Gasteiger partial charge in [0, 0.05) is 38.1 Å². The summed E-state index contributed by atoms with van der Waals surface area (Å²) in [6.07, 6.45) is 2.25. The lowest BCUT2D eigenvalue weighted by atomic mass is 10.3. The van der Waals surface area contributed by atoms with E-state index >= 15 is 0 Å². The Bertz CT molecular complexity index is 490. The van der Waals surface area contributed by atoms with Crippen molar-refractivity contribution < 1.29 is 8.42 Å². The monoisotopic (exact) mass is 289 g/mol. The molecule has 0 radical (unpaired) electrons. The molecule has 7 heteroatoms. The second-order valence-electron chi connectivity index (χ2n) is 4.52. The maximum atomic E-state index is 11.4. The lowest BCUT2D eigenvalue weighted by molar-refractivity contribution is 0.180. The van der Waals surface area contributed by atoms with Crippen LogP contribution in [0.25, 0.3) is 0 Å². The molecule has 1 aliphatic rings. The molecular formula is C11H19N3O2S2. The lowest BCUT2D eigenvalue weighted by Crippen LogP contribution is -2.47. The van der Waals surface area contributed by atoms with E-state index in [1.54, 1.807) is 15.6 Å². The summed E-state index contributed by atoms with van der Waals surface area (Å²) in [5.74, 6) is 0. The Kier molecular flexibility index (Phi) is 4.37. The van der Waals surface area contributed by atoms with Crippen molar-refractivity contribution in [3.05, 3.63) is 16.1 Å². The summed E-state index contributed by atoms with van der Waals surface area (Å²) in [4.78, 5) is 6.80. The molecule has 0 aliphatic carbocycles. The maximum Gasteiger partial charge on any atom is 0.211 e. The zero-order valence-electron chi connectivity index (χ0n) is 10.8. The third kappa shape index (κ3) is 3.50. The summed E-state index contributed by atoms with van der Waals surface area (Å²) in [6.45, 7) is 5.67. The normalized spacial score (nSPS) is 19.2. The van der Waals surface area contributed by atoms with Crippen LogP contribution in [0.2, 0.25) is 0 Å². The fraction of sp³-hybridized carbons (Fsp3) is 0.727. The molecule has 18 heavy (non-hydrogen) atoms. The SMILES string of the molecule is CCc1nc(CN2CCN(S(C)(=O)=O)CC2)cs1. The Balaban J connectivity index is 1.87. The molecule has 0 amide bonds. The molecule has 1 aromatic heterocycles. The summed E-state index contributed by atoms with van der Waals surface area (Å²) in [7, 11) is -3.03. The van der Waals surface area contributed by atoms with Crippen molar-refractivity contribution in [2.24, 2.45) is 0 Å². The molecule has 0 saturated carbocycles. The molecule has 0 unspecified atom stereocenters. The van der Waals surface area contributed by atoms with Gasteiger partial charge in [0.25, 0.3) is 0 Å². The van der Waals surface area contributed by atoms with Gasteiger partial charge in [-0.05, 0) is 6.42 Å². The van der Waals surface area contributed by atoms with Crippen LogP contribution in [0.3, 0.4) is 0 Å². The van der Waals surface area contributed by atoms with Crippen LogP contribution in [0, 0.1) is 0 Å². The molecular weight excluding hydrogens is 270 g/mol. The zero-order valence-corrected chi connectivity index (χ0v) is 12.4. The number of aromatic nitrogens is 1. The first kappa shape index (κ1) is 13.9. The Morgan fingerprint density at radius 3 is 2.50 bits per heavy atom. The molecule has 1 fully saturated rings. The number of hydrogen-bond donors (Lipinski definition) is 0. The second-order valence-corrected chi connectivity index (χ2v) is 7.45. The predicted molar refractivity (Wildman–Crippen MR) is 73.2 cm³/mol. The van der Waals surface area contributed by atoms with Gasteiger partial charge in [-0.2, -0.15) is 4.31 Å². The van der Waals surface area contributed by atoms with Crippen molar-refractivity contribution in [2.45, 2.75) is 19.9 Å². The number of piperazine rings is 1. The summed E-state index contributed by atoms with van der Waals surface area (Å²) in [5.41, 5.74) is 1.10. The average Bonchev–Trinajstić information content (AvgIpc) is 2.76. The van der Waals surface area contributed by atoms with Gasteiger partial charge in [-0.3, -0.25) is 4.90 Å². The second kappa shape index (κ2) is 5.64. The lowest BCUT2D eigenvalue weighted by Gasteiger charge is -2.32. The van der Waals surface area contributed by atoms with Crippen molar-refractivity contribution in [2.75, 3.05) is 32.4 Å². The van der Waals surface area contributed by atoms with Gasteiger partial charge < -0.3 is 0 Å². The predicted octanol–water partition coefficient (Wildman–Crippen LogP) is 0.783.